The van der Waals surface area contributed by atoms with Crippen LogP contribution in [0.1, 0.15) is 13.3 Å². The summed E-state index contributed by atoms with van der Waals surface area (Å²) in [7, 11) is 0. The van der Waals surface area contributed by atoms with Crippen molar-refractivity contribution in [3.8, 4) is 0 Å². The summed E-state index contributed by atoms with van der Waals surface area (Å²) in [5.41, 5.74) is 0.457. The molecule has 1 heterocycles. The molecule has 21 heavy (non-hydrogen) atoms. The highest BCUT2D eigenvalue weighted by Crippen LogP contribution is 2.31. The van der Waals surface area contributed by atoms with Crippen molar-refractivity contribution in [2.45, 2.75) is 13.3 Å². The Morgan fingerprint density at radius 1 is 1.05 bits per heavy atom. The second kappa shape index (κ2) is 7.16. The Morgan fingerprint density at radius 3 is 2.43 bits per heavy atom. The van der Waals surface area contributed by atoms with Gasteiger partial charge in [-0.25, -0.2) is 9.37 Å². The summed E-state index contributed by atoms with van der Waals surface area (Å²) in [5.74, 6) is 0.452. The molecule has 0 aliphatic heterocycles. The Bertz CT molecular complexity index is 629. The zero-order valence-corrected chi connectivity index (χ0v) is 13.5. The Kier molecular flexibility index (Phi) is 5.51. The summed E-state index contributed by atoms with van der Waals surface area (Å²) in [5, 5.41) is 7.08. The minimum atomic E-state index is -0.445. The van der Waals surface area contributed by atoms with E-state index in [4.69, 9.17) is 34.8 Å². The van der Waals surface area contributed by atoms with Gasteiger partial charge in [-0.2, -0.15) is 0 Å². The van der Waals surface area contributed by atoms with Crippen molar-refractivity contribution in [1.82, 2.24) is 4.98 Å². The molecule has 0 radical (unpaired) electrons. The SMILES string of the molecule is CCCNc1nc(Nc2cc(F)cc(Cl)c2)c(Cl)cc1Cl. The summed E-state index contributed by atoms with van der Waals surface area (Å²) in [6.45, 7) is 2.77. The van der Waals surface area contributed by atoms with Gasteiger partial charge in [-0.15, -0.1) is 0 Å². The van der Waals surface area contributed by atoms with Crippen LogP contribution in [0.5, 0.6) is 0 Å². The Balaban J connectivity index is 2.30. The maximum absolute atomic E-state index is 13.3. The topological polar surface area (TPSA) is 37.0 Å². The van der Waals surface area contributed by atoms with Gasteiger partial charge in [0.2, 0.25) is 0 Å². The molecular weight excluding hydrogens is 336 g/mol. The zero-order chi connectivity index (χ0) is 15.4. The first-order valence-corrected chi connectivity index (χ1v) is 7.46. The van der Waals surface area contributed by atoms with Gasteiger partial charge in [-0.05, 0) is 30.7 Å². The first-order chi connectivity index (χ1) is 9.99. The van der Waals surface area contributed by atoms with Crippen LogP contribution in [0.25, 0.3) is 0 Å². The van der Waals surface area contributed by atoms with Gasteiger partial charge >= 0.3 is 0 Å². The van der Waals surface area contributed by atoms with Crippen molar-refractivity contribution in [3.63, 3.8) is 0 Å². The molecule has 112 valence electrons. The van der Waals surface area contributed by atoms with E-state index < -0.39 is 5.82 Å². The molecule has 0 aliphatic carbocycles. The molecular formula is C14H13Cl3FN3. The molecule has 1 aromatic carbocycles. The number of aromatic nitrogens is 1. The van der Waals surface area contributed by atoms with Crippen LogP contribution >= 0.6 is 34.8 Å². The monoisotopic (exact) mass is 347 g/mol. The third kappa shape index (κ3) is 4.37. The molecule has 0 unspecified atom stereocenters. The fourth-order valence-corrected chi connectivity index (χ4v) is 2.38. The van der Waals surface area contributed by atoms with Crippen LogP contribution in [-0.4, -0.2) is 11.5 Å². The third-order valence-corrected chi connectivity index (χ3v) is 3.39. The third-order valence-electron chi connectivity index (χ3n) is 2.60. The highest BCUT2D eigenvalue weighted by Gasteiger charge is 2.10. The van der Waals surface area contributed by atoms with Crippen molar-refractivity contribution < 1.29 is 4.39 Å². The number of nitrogens with one attached hydrogen (secondary N) is 2. The molecule has 2 N–H and O–H groups in total. The van der Waals surface area contributed by atoms with Crippen molar-refractivity contribution in [2.75, 3.05) is 17.2 Å². The number of benzene rings is 1. The molecule has 0 fully saturated rings. The van der Waals surface area contributed by atoms with Crippen LogP contribution in [-0.2, 0) is 0 Å². The summed E-state index contributed by atoms with van der Waals surface area (Å²) in [6.07, 6.45) is 0.933. The van der Waals surface area contributed by atoms with E-state index in [1.165, 1.54) is 12.1 Å². The molecule has 3 nitrogen and oxygen atoms in total. The molecule has 0 bridgehead atoms. The molecule has 0 atom stereocenters. The van der Waals surface area contributed by atoms with E-state index in [9.17, 15) is 4.39 Å². The molecule has 0 amide bonds. The van der Waals surface area contributed by atoms with Gasteiger partial charge in [0.05, 0.1) is 10.0 Å². The zero-order valence-electron chi connectivity index (χ0n) is 11.2. The van der Waals surface area contributed by atoms with E-state index in [-0.39, 0.29) is 5.02 Å². The Morgan fingerprint density at radius 2 is 1.76 bits per heavy atom. The average molecular weight is 349 g/mol. The van der Waals surface area contributed by atoms with E-state index in [1.807, 2.05) is 6.92 Å². The van der Waals surface area contributed by atoms with E-state index in [2.05, 4.69) is 15.6 Å². The standard InChI is InChI=1S/C14H13Cl3FN3/c1-2-3-19-13-11(16)7-12(17)14(21-13)20-10-5-8(15)4-9(18)6-10/h4-7H,2-3H2,1H3,(H2,19,20,21). The fraction of sp³-hybridized carbons (Fsp3) is 0.214. The Hall–Kier alpha value is -1.23. The van der Waals surface area contributed by atoms with Crippen LogP contribution < -0.4 is 10.6 Å². The molecule has 0 saturated heterocycles. The lowest BCUT2D eigenvalue weighted by Gasteiger charge is -2.12. The Labute approximate surface area is 137 Å². The summed E-state index contributed by atoms with van der Waals surface area (Å²) < 4.78 is 13.3. The molecule has 2 aromatic rings. The van der Waals surface area contributed by atoms with Crippen LogP contribution in [0.3, 0.4) is 0 Å². The van der Waals surface area contributed by atoms with Gasteiger partial charge in [0.1, 0.15) is 11.6 Å². The van der Waals surface area contributed by atoms with Crippen molar-refractivity contribution in [2.24, 2.45) is 0 Å². The van der Waals surface area contributed by atoms with Crippen LogP contribution in [0, 0.1) is 5.82 Å². The molecule has 7 heteroatoms. The predicted octanol–water partition coefficient (Wildman–Crippen LogP) is 5.75. The minimum absolute atomic E-state index is 0.284. The summed E-state index contributed by atoms with van der Waals surface area (Å²) in [6, 6.07) is 5.68. The van der Waals surface area contributed by atoms with Crippen LogP contribution in [0.2, 0.25) is 15.1 Å². The van der Waals surface area contributed by atoms with Crippen LogP contribution in [0.4, 0.5) is 21.7 Å². The number of rotatable bonds is 5. The van der Waals surface area contributed by atoms with Gasteiger partial charge in [0.15, 0.2) is 5.82 Å². The first kappa shape index (κ1) is 16.1. The van der Waals surface area contributed by atoms with Crippen LogP contribution in [0.15, 0.2) is 24.3 Å². The summed E-state index contributed by atoms with van der Waals surface area (Å²) >= 11 is 18.0. The van der Waals surface area contributed by atoms with E-state index in [0.29, 0.717) is 27.4 Å². The predicted molar refractivity (Wildman–Crippen MR) is 87.7 cm³/mol. The number of pyridine rings is 1. The minimum Gasteiger partial charge on any atom is -0.369 e. The highest BCUT2D eigenvalue weighted by molar-refractivity contribution is 6.37. The maximum atomic E-state index is 13.3. The lowest BCUT2D eigenvalue weighted by atomic mass is 10.3. The second-order valence-corrected chi connectivity index (χ2v) is 5.61. The quantitative estimate of drug-likeness (QED) is 0.722. The number of nitrogens with zero attached hydrogens (tertiary/aromatic N) is 1. The second-order valence-electron chi connectivity index (χ2n) is 4.36. The largest absolute Gasteiger partial charge is 0.369 e. The maximum Gasteiger partial charge on any atom is 0.151 e. The van der Waals surface area contributed by atoms with Gasteiger partial charge in [-0.3, -0.25) is 0 Å². The van der Waals surface area contributed by atoms with Crippen molar-refractivity contribution >= 4 is 52.1 Å². The number of halogens is 4. The van der Waals surface area contributed by atoms with E-state index in [1.54, 1.807) is 12.1 Å². The lowest BCUT2D eigenvalue weighted by molar-refractivity contribution is 0.628. The van der Waals surface area contributed by atoms with Gasteiger partial charge in [0.25, 0.3) is 0 Å². The van der Waals surface area contributed by atoms with Gasteiger partial charge in [0, 0.05) is 17.3 Å². The highest BCUT2D eigenvalue weighted by atomic mass is 35.5. The van der Waals surface area contributed by atoms with Crippen molar-refractivity contribution in [3.05, 3.63) is 45.2 Å². The molecule has 0 aliphatic rings. The first-order valence-electron chi connectivity index (χ1n) is 6.32. The molecule has 2 rings (SSSR count). The molecule has 0 saturated carbocycles. The normalized spacial score (nSPS) is 10.5. The van der Waals surface area contributed by atoms with Crippen molar-refractivity contribution in [1.29, 1.82) is 0 Å². The van der Waals surface area contributed by atoms with Gasteiger partial charge in [-0.1, -0.05) is 41.7 Å². The van der Waals surface area contributed by atoms with Gasteiger partial charge < -0.3 is 10.6 Å². The summed E-state index contributed by atoms with van der Waals surface area (Å²) in [4.78, 5) is 4.31. The number of hydrogen-bond acceptors (Lipinski definition) is 3. The molecule has 0 spiro atoms. The number of hydrogen-bond donors (Lipinski definition) is 2. The smallest absolute Gasteiger partial charge is 0.151 e. The fourth-order valence-electron chi connectivity index (χ4n) is 1.68. The van der Waals surface area contributed by atoms with E-state index >= 15 is 0 Å². The molecule has 1 aromatic heterocycles. The van der Waals surface area contributed by atoms with E-state index in [0.717, 1.165) is 13.0 Å². The lowest BCUT2D eigenvalue weighted by Crippen LogP contribution is -2.05. The average Bonchev–Trinajstić information content (AvgIpc) is 2.39. The number of anilines is 3.